The highest BCUT2D eigenvalue weighted by Gasteiger charge is 2.25. The molecule has 1 unspecified atom stereocenters. The quantitative estimate of drug-likeness (QED) is 0.810. The minimum atomic E-state index is -0.105. The third kappa shape index (κ3) is 4.09. The average molecular weight is 361 g/mol. The Morgan fingerprint density at radius 2 is 1.85 bits per heavy atom. The first-order valence-electron chi connectivity index (χ1n) is 9.21. The maximum Gasteiger partial charge on any atom is 0.256 e. The summed E-state index contributed by atoms with van der Waals surface area (Å²) in [7, 11) is 3.07. The summed E-state index contributed by atoms with van der Waals surface area (Å²) >= 11 is 0. The van der Waals surface area contributed by atoms with Crippen LogP contribution in [0.1, 0.15) is 42.5 Å². The zero-order valence-corrected chi connectivity index (χ0v) is 15.5. The minimum Gasteiger partial charge on any atom is -0.493 e. The number of nitrogens with one attached hydrogen (secondary N) is 2. The molecular weight excluding hydrogens is 334 g/mol. The van der Waals surface area contributed by atoms with Crippen molar-refractivity contribution in [1.82, 2.24) is 10.2 Å². The SMILES string of the molecule is COc1cc(NC(=O)CC2CCCN2)c(C(=O)N2CCCC2)cc1OC. The van der Waals surface area contributed by atoms with Gasteiger partial charge in [0.15, 0.2) is 11.5 Å². The van der Waals surface area contributed by atoms with Gasteiger partial charge in [-0.15, -0.1) is 0 Å². The van der Waals surface area contributed by atoms with Crippen LogP contribution in [0.15, 0.2) is 12.1 Å². The third-order valence-corrected chi connectivity index (χ3v) is 5.02. The summed E-state index contributed by atoms with van der Waals surface area (Å²) < 4.78 is 10.7. The third-order valence-electron chi connectivity index (χ3n) is 5.02. The van der Waals surface area contributed by atoms with Crippen molar-refractivity contribution in [2.45, 2.75) is 38.1 Å². The molecular formula is C19H27N3O4. The van der Waals surface area contributed by atoms with Crippen LogP contribution in [0.5, 0.6) is 11.5 Å². The van der Waals surface area contributed by atoms with Gasteiger partial charge in [0, 0.05) is 31.6 Å². The molecule has 2 aliphatic rings. The van der Waals surface area contributed by atoms with E-state index in [9.17, 15) is 9.59 Å². The van der Waals surface area contributed by atoms with Crippen LogP contribution >= 0.6 is 0 Å². The molecule has 0 bridgehead atoms. The van der Waals surface area contributed by atoms with E-state index < -0.39 is 0 Å². The Bertz CT molecular complexity index is 665. The zero-order chi connectivity index (χ0) is 18.5. The number of likely N-dealkylation sites (tertiary alicyclic amines) is 1. The topological polar surface area (TPSA) is 79.9 Å². The highest BCUT2D eigenvalue weighted by Crippen LogP contribution is 2.34. The summed E-state index contributed by atoms with van der Waals surface area (Å²) in [6.07, 6.45) is 4.50. The lowest BCUT2D eigenvalue weighted by Gasteiger charge is -2.20. The zero-order valence-electron chi connectivity index (χ0n) is 15.5. The molecule has 7 heteroatoms. The monoisotopic (exact) mass is 361 g/mol. The number of benzene rings is 1. The number of carbonyl (C=O) groups is 2. The predicted octanol–water partition coefficient (Wildman–Crippen LogP) is 2.02. The molecule has 142 valence electrons. The fraction of sp³-hybridized carbons (Fsp3) is 0.579. The number of ether oxygens (including phenoxy) is 2. The Labute approximate surface area is 154 Å². The molecule has 0 radical (unpaired) electrons. The van der Waals surface area contributed by atoms with Crippen molar-refractivity contribution in [1.29, 1.82) is 0 Å². The number of carbonyl (C=O) groups excluding carboxylic acids is 2. The summed E-state index contributed by atoms with van der Waals surface area (Å²) in [5.74, 6) is 0.773. The van der Waals surface area contributed by atoms with E-state index in [0.29, 0.717) is 29.2 Å². The molecule has 2 saturated heterocycles. The van der Waals surface area contributed by atoms with Crippen LogP contribution in [0.4, 0.5) is 5.69 Å². The summed E-state index contributed by atoms with van der Waals surface area (Å²) in [6, 6.07) is 3.53. The highest BCUT2D eigenvalue weighted by atomic mass is 16.5. The molecule has 2 aliphatic heterocycles. The van der Waals surface area contributed by atoms with E-state index in [1.165, 1.54) is 14.2 Å². The van der Waals surface area contributed by atoms with E-state index in [2.05, 4.69) is 10.6 Å². The van der Waals surface area contributed by atoms with Gasteiger partial charge >= 0.3 is 0 Å². The fourth-order valence-corrected chi connectivity index (χ4v) is 3.61. The van der Waals surface area contributed by atoms with Gasteiger partial charge in [-0.3, -0.25) is 9.59 Å². The number of hydrogen-bond acceptors (Lipinski definition) is 5. The Hall–Kier alpha value is -2.28. The molecule has 26 heavy (non-hydrogen) atoms. The lowest BCUT2D eigenvalue weighted by atomic mass is 10.1. The van der Waals surface area contributed by atoms with Crippen molar-refractivity contribution in [2.75, 3.05) is 39.2 Å². The number of amides is 2. The summed E-state index contributed by atoms with van der Waals surface area (Å²) in [5.41, 5.74) is 0.917. The predicted molar refractivity (Wildman–Crippen MR) is 99.0 cm³/mol. The molecule has 1 aromatic carbocycles. The van der Waals surface area contributed by atoms with E-state index in [1.54, 1.807) is 12.1 Å². The Kier molecular flexibility index (Phi) is 5.98. The lowest BCUT2D eigenvalue weighted by molar-refractivity contribution is -0.116. The number of methoxy groups -OCH3 is 2. The van der Waals surface area contributed by atoms with E-state index in [1.807, 2.05) is 4.90 Å². The normalized spacial score (nSPS) is 19.5. The molecule has 2 N–H and O–H groups in total. The van der Waals surface area contributed by atoms with Crippen LogP contribution in [-0.2, 0) is 4.79 Å². The van der Waals surface area contributed by atoms with E-state index >= 15 is 0 Å². The number of nitrogens with zero attached hydrogens (tertiary/aromatic N) is 1. The molecule has 1 atom stereocenters. The van der Waals surface area contributed by atoms with E-state index in [-0.39, 0.29) is 17.9 Å². The first kappa shape index (κ1) is 18.5. The van der Waals surface area contributed by atoms with Crippen LogP contribution < -0.4 is 20.1 Å². The van der Waals surface area contributed by atoms with Gasteiger partial charge in [-0.2, -0.15) is 0 Å². The van der Waals surface area contributed by atoms with Gasteiger partial charge in [-0.05, 0) is 38.3 Å². The Morgan fingerprint density at radius 1 is 1.15 bits per heavy atom. The molecule has 0 aromatic heterocycles. The van der Waals surface area contributed by atoms with E-state index in [0.717, 1.165) is 45.3 Å². The summed E-state index contributed by atoms with van der Waals surface area (Å²) in [5, 5.41) is 6.22. The fourth-order valence-electron chi connectivity index (χ4n) is 3.61. The smallest absolute Gasteiger partial charge is 0.256 e. The molecule has 7 nitrogen and oxygen atoms in total. The molecule has 0 saturated carbocycles. The first-order chi connectivity index (χ1) is 12.6. The second-order valence-corrected chi connectivity index (χ2v) is 6.80. The van der Waals surface area contributed by atoms with Crippen molar-refractivity contribution in [2.24, 2.45) is 0 Å². The molecule has 0 spiro atoms. The van der Waals surface area contributed by atoms with Crippen LogP contribution in [-0.4, -0.2) is 56.6 Å². The Balaban J connectivity index is 1.84. The second kappa shape index (κ2) is 8.40. The Morgan fingerprint density at radius 3 is 2.46 bits per heavy atom. The first-order valence-corrected chi connectivity index (χ1v) is 9.21. The van der Waals surface area contributed by atoms with Crippen molar-refractivity contribution in [3.63, 3.8) is 0 Å². The van der Waals surface area contributed by atoms with E-state index in [4.69, 9.17) is 9.47 Å². The average Bonchev–Trinajstić information content (AvgIpc) is 3.34. The summed E-state index contributed by atoms with van der Waals surface area (Å²) in [4.78, 5) is 27.2. The molecule has 0 aliphatic carbocycles. The van der Waals surface area contributed by atoms with Crippen molar-refractivity contribution >= 4 is 17.5 Å². The highest BCUT2D eigenvalue weighted by molar-refractivity contribution is 6.04. The van der Waals surface area contributed by atoms with Gasteiger partial charge in [0.25, 0.3) is 5.91 Å². The minimum absolute atomic E-state index is 0.0854. The van der Waals surface area contributed by atoms with Gasteiger partial charge < -0.3 is 25.0 Å². The molecule has 2 fully saturated rings. The maximum atomic E-state index is 12.9. The lowest BCUT2D eigenvalue weighted by Crippen LogP contribution is -2.30. The molecule has 3 rings (SSSR count). The number of rotatable bonds is 6. The molecule has 2 heterocycles. The largest absolute Gasteiger partial charge is 0.493 e. The van der Waals surface area contributed by atoms with Gasteiger partial charge in [-0.25, -0.2) is 0 Å². The van der Waals surface area contributed by atoms with Gasteiger partial charge in [0.2, 0.25) is 5.91 Å². The van der Waals surface area contributed by atoms with Gasteiger partial charge in [0.05, 0.1) is 25.5 Å². The van der Waals surface area contributed by atoms with Crippen molar-refractivity contribution < 1.29 is 19.1 Å². The van der Waals surface area contributed by atoms with Crippen molar-refractivity contribution in [3.8, 4) is 11.5 Å². The number of anilines is 1. The van der Waals surface area contributed by atoms with Gasteiger partial charge in [0.1, 0.15) is 0 Å². The van der Waals surface area contributed by atoms with Crippen molar-refractivity contribution in [3.05, 3.63) is 17.7 Å². The van der Waals surface area contributed by atoms with Crippen LogP contribution in [0, 0.1) is 0 Å². The second-order valence-electron chi connectivity index (χ2n) is 6.80. The van der Waals surface area contributed by atoms with Crippen LogP contribution in [0.25, 0.3) is 0 Å². The van der Waals surface area contributed by atoms with Crippen LogP contribution in [0.3, 0.4) is 0 Å². The maximum absolute atomic E-state index is 12.9. The van der Waals surface area contributed by atoms with Crippen LogP contribution in [0.2, 0.25) is 0 Å². The molecule has 1 aromatic rings. The standard InChI is InChI=1S/C19H27N3O4/c1-25-16-11-14(19(24)22-8-3-4-9-22)15(12-17(16)26-2)21-18(23)10-13-6-5-7-20-13/h11-13,20H,3-10H2,1-2H3,(H,21,23). The summed E-state index contributed by atoms with van der Waals surface area (Å²) in [6.45, 7) is 2.44. The van der Waals surface area contributed by atoms with Gasteiger partial charge in [-0.1, -0.05) is 0 Å². The molecule has 2 amide bonds. The number of hydrogen-bond donors (Lipinski definition) is 2.